The van der Waals surface area contributed by atoms with E-state index in [1.165, 1.54) is 32.7 Å². The van der Waals surface area contributed by atoms with Crippen molar-refractivity contribution in [2.45, 2.75) is 11.2 Å². The summed E-state index contributed by atoms with van der Waals surface area (Å²) in [6.07, 6.45) is 0. The summed E-state index contributed by atoms with van der Waals surface area (Å²) < 4.78 is 1.58. The number of hydrogen-bond acceptors (Lipinski definition) is 4. The summed E-state index contributed by atoms with van der Waals surface area (Å²) in [5.41, 5.74) is 7.95. The van der Waals surface area contributed by atoms with Crippen molar-refractivity contribution < 1.29 is 15.3 Å². The van der Waals surface area contributed by atoms with Gasteiger partial charge in [-0.1, -0.05) is 140 Å². The van der Waals surface area contributed by atoms with Crippen LogP contribution in [0.5, 0.6) is 0 Å². The Kier molecular flexibility index (Phi) is 7.42. The molecule has 7 heteroatoms. The van der Waals surface area contributed by atoms with E-state index in [9.17, 15) is 15.3 Å². The molecule has 0 saturated heterocycles. The van der Waals surface area contributed by atoms with E-state index in [1.807, 2.05) is 36.4 Å². The van der Waals surface area contributed by atoms with Crippen LogP contribution < -0.4 is 0 Å². The maximum Gasteiger partial charge on any atom is 0.236 e. The zero-order chi connectivity index (χ0) is 35.6. The first-order chi connectivity index (χ1) is 25.2. The fraction of sp³-hybridized carbons (Fsp3) is 0.0444. The third-order valence-electron chi connectivity index (χ3n) is 10.0. The van der Waals surface area contributed by atoms with Crippen LogP contribution in [0.1, 0.15) is 5.82 Å². The third kappa shape index (κ3) is 5.05. The summed E-state index contributed by atoms with van der Waals surface area (Å²) in [6.45, 7) is 0. The standard InChI is InChI=1S/C45H30B2N2O3/c46-45(47,52)44(50,51)43-48-38-18-8-10-20-40(38)49(43)39-19-9-7-13-33(39)29-22-24-30(25-23-29)41-34-14-3-5-16-36(34)42(37-17-6-4-15-35(37)41)32-26-21-28-11-1-2-12-31(28)27-32/h1-27,50-52H. The molecule has 0 atom stereocenters. The van der Waals surface area contributed by atoms with E-state index in [0.717, 1.165) is 33.0 Å². The summed E-state index contributed by atoms with van der Waals surface area (Å²) >= 11 is 0. The molecule has 0 unspecified atom stereocenters. The van der Waals surface area contributed by atoms with Gasteiger partial charge in [-0.2, -0.15) is 0 Å². The predicted molar refractivity (Wildman–Crippen MR) is 212 cm³/mol. The van der Waals surface area contributed by atoms with Crippen molar-refractivity contribution in [2.75, 3.05) is 0 Å². The first kappa shape index (κ1) is 32.0. The molecule has 9 rings (SSSR count). The van der Waals surface area contributed by atoms with E-state index in [0.29, 0.717) is 16.7 Å². The Morgan fingerprint density at radius 1 is 0.481 bits per heavy atom. The van der Waals surface area contributed by atoms with Crippen molar-refractivity contribution >= 4 is 59.0 Å². The monoisotopic (exact) mass is 668 g/mol. The molecule has 8 aromatic carbocycles. The van der Waals surface area contributed by atoms with Crippen LogP contribution >= 0.6 is 0 Å². The number of fused-ring (bicyclic) bond motifs is 4. The van der Waals surface area contributed by atoms with Crippen LogP contribution in [-0.2, 0) is 5.79 Å². The smallest absolute Gasteiger partial charge is 0.236 e. The Balaban J connectivity index is 1.22. The van der Waals surface area contributed by atoms with Gasteiger partial charge in [0.2, 0.25) is 5.79 Å². The minimum absolute atomic E-state index is 0.310. The van der Waals surface area contributed by atoms with Gasteiger partial charge in [0.15, 0.2) is 5.82 Å². The summed E-state index contributed by atoms with van der Waals surface area (Å²) in [4.78, 5) is 4.46. The van der Waals surface area contributed by atoms with Gasteiger partial charge >= 0.3 is 0 Å². The van der Waals surface area contributed by atoms with E-state index in [1.54, 1.807) is 16.7 Å². The first-order valence-corrected chi connectivity index (χ1v) is 17.1. The molecule has 4 radical (unpaired) electrons. The molecule has 1 aromatic heterocycles. The van der Waals surface area contributed by atoms with Gasteiger partial charge in [0.25, 0.3) is 0 Å². The Hall–Kier alpha value is -5.98. The van der Waals surface area contributed by atoms with Crippen LogP contribution in [0.2, 0.25) is 0 Å². The number of hydrogen-bond donors (Lipinski definition) is 3. The first-order valence-electron chi connectivity index (χ1n) is 17.1. The molecule has 52 heavy (non-hydrogen) atoms. The maximum atomic E-state index is 11.1. The fourth-order valence-corrected chi connectivity index (χ4v) is 7.51. The van der Waals surface area contributed by atoms with Crippen molar-refractivity contribution in [3.8, 4) is 39.1 Å². The zero-order valence-corrected chi connectivity index (χ0v) is 28.0. The van der Waals surface area contributed by atoms with Crippen molar-refractivity contribution in [3.05, 3.63) is 170 Å². The minimum Gasteiger partial charge on any atom is -0.403 e. The largest absolute Gasteiger partial charge is 0.403 e. The van der Waals surface area contributed by atoms with Crippen LogP contribution in [-0.4, -0.2) is 46.0 Å². The molecule has 5 nitrogen and oxygen atoms in total. The second-order valence-electron chi connectivity index (χ2n) is 13.3. The number of rotatable bonds is 6. The van der Waals surface area contributed by atoms with Gasteiger partial charge in [0.05, 0.1) is 16.7 Å². The molecular formula is C45H30B2N2O3. The average molecular weight is 668 g/mol. The van der Waals surface area contributed by atoms with Crippen molar-refractivity contribution in [3.63, 3.8) is 0 Å². The van der Waals surface area contributed by atoms with Crippen LogP contribution in [0.3, 0.4) is 0 Å². The summed E-state index contributed by atoms with van der Waals surface area (Å²) in [5, 5.41) is 36.7. The number of para-hydroxylation sites is 3. The third-order valence-corrected chi connectivity index (χ3v) is 10.0. The van der Waals surface area contributed by atoms with E-state index in [4.69, 9.17) is 15.7 Å². The topological polar surface area (TPSA) is 78.5 Å². The molecule has 9 aromatic rings. The minimum atomic E-state index is -3.08. The van der Waals surface area contributed by atoms with Crippen LogP contribution in [0.15, 0.2) is 164 Å². The molecule has 1 heterocycles. The van der Waals surface area contributed by atoms with Gasteiger partial charge in [0, 0.05) is 11.0 Å². The Labute approximate surface area is 302 Å². The highest BCUT2D eigenvalue weighted by Gasteiger charge is 2.45. The van der Waals surface area contributed by atoms with Gasteiger partial charge < -0.3 is 15.3 Å². The van der Waals surface area contributed by atoms with Gasteiger partial charge in [-0.3, -0.25) is 4.57 Å². The highest BCUT2D eigenvalue weighted by molar-refractivity contribution is 6.39. The average Bonchev–Trinajstić information content (AvgIpc) is 3.57. The van der Waals surface area contributed by atoms with Crippen LogP contribution in [0, 0.1) is 0 Å². The quantitative estimate of drug-likeness (QED) is 0.0943. The Bertz CT molecular complexity index is 2760. The normalized spacial score (nSPS) is 12.3. The number of aromatic nitrogens is 2. The Morgan fingerprint density at radius 2 is 0.981 bits per heavy atom. The molecule has 0 spiro atoms. The van der Waals surface area contributed by atoms with Crippen LogP contribution in [0.25, 0.3) is 82.4 Å². The Morgan fingerprint density at radius 3 is 1.63 bits per heavy atom. The summed E-state index contributed by atoms with van der Waals surface area (Å²) in [6, 6.07) is 55.5. The molecule has 0 aliphatic carbocycles. The van der Waals surface area contributed by atoms with E-state index >= 15 is 0 Å². The SMILES string of the molecule is [B]C([B])(O)C(O)(O)c1nc2ccccc2n1-c1ccccc1-c1ccc(-c2c3ccccc3c(-c3ccc4ccccc4c3)c3ccccc23)cc1. The van der Waals surface area contributed by atoms with Crippen LogP contribution in [0.4, 0.5) is 0 Å². The van der Waals surface area contributed by atoms with Crippen molar-refractivity contribution in [1.29, 1.82) is 0 Å². The van der Waals surface area contributed by atoms with Gasteiger partial charge in [0.1, 0.15) is 15.7 Å². The number of benzene rings is 8. The molecule has 3 N–H and O–H groups in total. The maximum absolute atomic E-state index is 11.1. The molecule has 0 amide bonds. The summed E-state index contributed by atoms with van der Waals surface area (Å²) in [7, 11) is 11.3. The fourth-order valence-electron chi connectivity index (χ4n) is 7.51. The summed E-state index contributed by atoms with van der Waals surface area (Å²) in [5.74, 6) is -3.39. The van der Waals surface area contributed by atoms with Gasteiger partial charge in [-0.15, -0.1) is 0 Å². The van der Waals surface area contributed by atoms with E-state index < -0.39 is 11.2 Å². The number of aliphatic hydroxyl groups is 3. The van der Waals surface area contributed by atoms with Crippen molar-refractivity contribution in [2.24, 2.45) is 0 Å². The van der Waals surface area contributed by atoms with E-state index in [2.05, 4.69) is 120 Å². The molecule has 0 aliphatic rings. The molecule has 0 bridgehead atoms. The highest BCUT2D eigenvalue weighted by Crippen LogP contribution is 2.45. The molecule has 0 fully saturated rings. The van der Waals surface area contributed by atoms with Gasteiger partial charge in [-0.05, 0) is 84.4 Å². The lowest BCUT2D eigenvalue weighted by Gasteiger charge is -2.34. The molecule has 0 aliphatic heterocycles. The van der Waals surface area contributed by atoms with Gasteiger partial charge in [-0.25, -0.2) is 4.98 Å². The van der Waals surface area contributed by atoms with Crippen molar-refractivity contribution in [1.82, 2.24) is 9.55 Å². The molecule has 244 valence electrons. The zero-order valence-electron chi connectivity index (χ0n) is 28.0. The lowest BCUT2D eigenvalue weighted by molar-refractivity contribution is -0.231. The lowest BCUT2D eigenvalue weighted by Crippen LogP contribution is -2.54. The highest BCUT2D eigenvalue weighted by atomic mass is 16.5. The predicted octanol–water partition coefficient (Wildman–Crippen LogP) is 8.61. The second-order valence-corrected chi connectivity index (χ2v) is 13.3. The second kappa shape index (κ2) is 12.1. The molecule has 0 saturated carbocycles. The molecular weight excluding hydrogens is 638 g/mol. The van der Waals surface area contributed by atoms with E-state index in [-0.39, 0.29) is 5.82 Å². The number of nitrogens with zero attached hydrogens (tertiary/aromatic N) is 2. The number of imidazole rings is 1. The lowest BCUT2D eigenvalue weighted by atomic mass is 9.60.